The molecule has 0 spiro atoms. The molecule has 2 heteroatoms. The van der Waals surface area contributed by atoms with E-state index in [1.807, 2.05) is 0 Å². The van der Waals surface area contributed by atoms with E-state index in [1.54, 1.807) is 0 Å². The van der Waals surface area contributed by atoms with Crippen molar-refractivity contribution in [2.75, 3.05) is 0 Å². The standard InChI is InChI=1S/C13H26O2/c1-5-7-11(3)9-10-13(8-6-2)15-12(4)14/h11,13H,5-10H2,1-4H3. The van der Waals surface area contributed by atoms with E-state index in [-0.39, 0.29) is 12.1 Å². The van der Waals surface area contributed by atoms with Crippen molar-refractivity contribution >= 4 is 5.97 Å². The van der Waals surface area contributed by atoms with Gasteiger partial charge in [-0.2, -0.15) is 0 Å². The summed E-state index contributed by atoms with van der Waals surface area (Å²) in [7, 11) is 0. The summed E-state index contributed by atoms with van der Waals surface area (Å²) in [5.74, 6) is 0.613. The van der Waals surface area contributed by atoms with Gasteiger partial charge in [0.15, 0.2) is 0 Å². The summed E-state index contributed by atoms with van der Waals surface area (Å²) < 4.78 is 5.28. The van der Waals surface area contributed by atoms with Crippen molar-refractivity contribution in [3.63, 3.8) is 0 Å². The average Bonchev–Trinajstić information content (AvgIpc) is 2.14. The van der Waals surface area contributed by atoms with E-state index in [9.17, 15) is 4.79 Å². The maximum atomic E-state index is 10.9. The molecule has 0 aliphatic carbocycles. The zero-order valence-electron chi connectivity index (χ0n) is 10.7. The molecular formula is C13H26O2. The molecule has 0 heterocycles. The minimum atomic E-state index is -0.142. The molecule has 0 saturated carbocycles. The van der Waals surface area contributed by atoms with Crippen LogP contribution in [0.25, 0.3) is 0 Å². The molecule has 0 bridgehead atoms. The summed E-state index contributed by atoms with van der Waals surface area (Å²) in [6.07, 6.45) is 6.94. The lowest BCUT2D eigenvalue weighted by molar-refractivity contribution is -0.147. The van der Waals surface area contributed by atoms with Gasteiger partial charge in [-0.1, -0.05) is 40.0 Å². The fraction of sp³-hybridized carbons (Fsp3) is 0.923. The maximum absolute atomic E-state index is 10.9. The second-order valence-corrected chi connectivity index (χ2v) is 4.49. The molecule has 0 aliphatic heterocycles. The molecule has 0 amide bonds. The van der Waals surface area contributed by atoms with Crippen LogP contribution in [0.3, 0.4) is 0 Å². The topological polar surface area (TPSA) is 26.3 Å². The van der Waals surface area contributed by atoms with E-state index in [1.165, 1.54) is 26.2 Å². The quantitative estimate of drug-likeness (QED) is 0.572. The van der Waals surface area contributed by atoms with Crippen molar-refractivity contribution in [2.45, 2.75) is 72.3 Å². The van der Waals surface area contributed by atoms with E-state index < -0.39 is 0 Å². The molecule has 2 atom stereocenters. The molecule has 0 fully saturated rings. The molecule has 0 N–H and O–H groups in total. The SMILES string of the molecule is CCCC(C)CCC(CCC)OC(C)=O. The Hall–Kier alpha value is -0.530. The van der Waals surface area contributed by atoms with E-state index in [0.717, 1.165) is 25.2 Å². The lowest BCUT2D eigenvalue weighted by atomic mass is 9.97. The van der Waals surface area contributed by atoms with Crippen LogP contribution in [0.1, 0.15) is 66.2 Å². The Balaban J connectivity index is 3.78. The highest BCUT2D eigenvalue weighted by Gasteiger charge is 2.12. The Morgan fingerprint density at radius 2 is 1.67 bits per heavy atom. The lowest BCUT2D eigenvalue weighted by Gasteiger charge is -2.18. The van der Waals surface area contributed by atoms with Crippen LogP contribution in [-0.4, -0.2) is 12.1 Å². The molecule has 0 aromatic rings. The van der Waals surface area contributed by atoms with E-state index in [4.69, 9.17) is 4.74 Å². The number of carbonyl (C=O) groups excluding carboxylic acids is 1. The first kappa shape index (κ1) is 14.5. The first-order chi connectivity index (χ1) is 7.10. The van der Waals surface area contributed by atoms with Crippen LogP contribution in [0.2, 0.25) is 0 Å². The normalized spacial score (nSPS) is 14.7. The highest BCUT2D eigenvalue weighted by molar-refractivity contribution is 5.66. The van der Waals surface area contributed by atoms with Gasteiger partial charge in [0, 0.05) is 6.92 Å². The number of ether oxygens (including phenoxy) is 1. The van der Waals surface area contributed by atoms with Crippen molar-refractivity contribution in [1.29, 1.82) is 0 Å². The summed E-state index contributed by atoms with van der Waals surface area (Å²) in [6, 6.07) is 0. The Morgan fingerprint density at radius 3 is 2.13 bits per heavy atom. The monoisotopic (exact) mass is 214 g/mol. The molecule has 0 aliphatic rings. The molecule has 0 rings (SSSR count). The van der Waals surface area contributed by atoms with Crippen molar-refractivity contribution in [1.82, 2.24) is 0 Å². The number of hydrogen-bond acceptors (Lipinski definition) is 2. The van der Waals surface area contributed by atoms with Crippen LogP contribution in [0.4, 0.5) is 0 Å². The van der Waals surface area contributed by atoms with Crippen LogP contribution >= 0.6 is 0 Å². The van der Waals surface area contributed by atoms with Crippen molar-refractivity contribution in [3.8, 4) is 0 Å². The Bertz CT molecular complexity index is 166. The number of rotatable bonds is 8. The van der Waals surface area contributed by atoms with E-state index in [2.05, 4.69) is 20.8 Å². The van der Waals surface area contributed by atoms with Gasteiger partial charge in [0.25, 0.3) is 0 Å². The molecule has 2 unspecified atom stereocenters. The van der Waals surface area contributed by atoms with Gasteiger partial charge >= 0.3 is 5.97 Å². The molecule has 0 radical (unpaired) electrons. The Kier molecular flexibility index (Phi) is 8.44. The van der Waals surface area contributed by atoms with Gasteiger partial charge in [-0.05, 0) is 25.2 Å². The molecule has 15 heavy (non-hydrogen) atoms. The second kappa shape index (κ2) is 8.75. The van der Waals surface area contributed by atoms with Gasteiger partial charge in [-0.25, -0.2) is 0 Å². The third kappa shape index (κ3) is 8.46. The van der Waals surface area contributed by atoms with Crippen LogP contribution in [0, 0.1) is 5.92 Å². The summed E-state index contributed by atoms with van der Waals surface area (Å²) in [4.78, 5) is 10.9. The van der Waals surface area contributed by atoms with Crippen molar-refractivity contribution < 1.29 is 9.53 Å². The number of carbonyl (C=O) groups is 1. The fourth-order valence-electron chi connectivity index (χ4n) is 1.93. The highest BCUT2D eigenvalue weighted by atomic mass is 16.5. The summed E-state index contributed by atoms with van der Waals surface area (Å²) >= 11 is 0. The second-order valence-electron chi connectivity index (χ2n) is 4.49. The van der Waals surface area contributed by atoms with Gasteiger partial charge in [0.05, 0.1) is 0 Å². The predicted molar refractivity (Wildman–Crippen MR) is 63.8 cm³/mol. The molecule has 0 aromatic heterocycles. The Labute approximate surface area is 94.4 Å². The third-order valence-electron chi connectivity index (χ3n) is 2.71. The van der Waals surface area contributed by atoms with Crippen LogP contribution in [0.5, 0.6) is 0 Å². The van der Waals surface area contributed by atoms with Gasteiger partial charge in [0.1, 0.15) is 6.10 Å². The van der Waals surface area contributed by atoms with Crippen molar-refractivity contribution in [3.05, 3.63) is 0 Å². The summed E-state index contributed by atoms with van der Waals surface area (Å²) in [6.45, 7) is 8.12. The molecule has 0 aromatic carbocycles. The van der Waals surface area contributed by atoms with E-state index >= 15 is 0 Å². The smallest absolute Gasteiger partial charge is 0.302 e. The zero-order chi connectivity index (χ0) is 11.7. The summed E-state index contributed by atoms with van der Waals surface area (Å²) in [5.41, 5.74) is 0. The lowest BCUT2D eigenvalue weighted by Crippen LogP contribution is -2.17. The van der Waals surface area contributed by atoms with Crippen LogP contribution in [-0.2, 0) is 9.53 Å². The number of esters is 1. The molecule has 90 valence electrons. The average molecular weight is 214 g/mol. The van der Waals surface area contributed by atoms with E-state index in [0.29, 0.717) is 0 Å². The van der Waals surface area contributed by atoms with Crippen molar-refractivity contribution in [2.24, 2.45) is 5.92 Å². The minimum absolute atomic E-state index is 0.142. The maximum Gasteiger partial charge on any atom is 0.302 e. The highest BCUT2D eigenvalue weighted by Crippen LogP contribution is 2.17. The van der Waals surface area contributed by atoms with Crippen LogP contribution < -0.4 is 0 Å². The minimum Gasteiger partial charge on any atom is -0.463 e. The zero-order valence-corrected chi connectivity index (χ0v) is 10.7. The first-order valence-electron chi connectivity index (χ1n) is 6.27. The molecule has 0 saturated heterocycles. The molecular weight excluding hydrogens is 188 g/mol. The Morgan fingerprint density at radius 1 is 1.07 bits per heavy atom. The third-order valence-corrected chi connectivity index (χ3v) is 2.71. The largest absolute Gasteiger partial charge is 0.463 e. The van der Waals surface area contributed by atoms with Gasteiger partial charge < -0.3 is 4.74 Å². The molecule has 2 nitrogen and oxygen atoms in total. The number of hydrogen-bond donors (Lipinski definition) is 0. The fourth-order valence-corrected chi connectivity index (χ4v) is 1.93. The van der Waals surface area contributed by atoms with Crippen LogP contribution in [0.15, 0.2) is 0 Å². The predicted octanol–water partition coefficient (Wildman–Crippen LogP) is 3.93. The first-order valence-corrected chi connectivity index (χ1v) is 6.27. The van der Waals surface area contributed by atoms with Gasteiger partial charge in [0.2, 0.25) is 0 Å². The van der Waals surface area contributed by atoms with Gasteiger partial charge in [-0.3, -0.25) is 4.79 Å². The van der Waals surface area contributed by atoms with Gasteiger partial charge in [-0.15, -0.1) is 0 Å². The summed E-state index contributed by atoms with van der Waals surface area (Å²) in [5, 5.41) is 0.